The van der Waals surface area contributed by atoms with E-state index in [2.05, 4.69) is 35.7 Å². The molecule has 1 heterocycles. The van der Waals surface area contributed by atoms with Crippen molar-refractivity contribution >= 4 is 36.2 Å². The van der Waals surface area contributed by atoms with Crippen LogP contribution in [0.25, 0.3) is 0 Å². The Morgan fingerprint density at radius 3 is 0.841 bits per heavy atom. The molecule has 0 aromatic carbocycles. The molecule has 0 saturated carbocycles. The van der Waals surface area contributed by atoms with Crippen molar-refractivity contribution in [3.8, 4) is 0 Å². The normalized spacial score (nSPS) is 10.5. The molecular formula is C42H66N6O15. The fraction of sp³-hybridized carbons (Fsp3) is 0.643. The SMILES string of the molecule is C=C(C)C(=O)OCCOC(=O)NCCCCCCn1c(=O)n(CCCCCCNC(=O)OCCOC(=O)C(=C)C)c(=O)n(CCCCCCNC(=O)OCCOC(=O)C(=C)C)c1=O. The molecule has 3 amide bonds. The molecule has 1 rings (SSSR count). The van der Waals surface area contributed by atoms with Crippen molar-refractivity contribution in [2.45, 2.75) is 117 Å². The second-order valence-electron chi connectivity index (χ2n) is 14.5. The number of amides is 3. The third kappa shape index (κ3) is 24.8. The molecular weight excluding hydrogens is 828 g/mol. The number of ether oxygens (including phenoxy) is 6. The first kappa shape index (κ1) is 54.9. The van der Waals surface area contributed by atoms with Crippen molar-refractivity contribution < 1.29 is 57.2 Å². The topological polar surface area (TPSA) is 260 Å². The molecule has 63 heavy (non-hydrogen) atoms. The molecule has 0 radical (unpaired) electrons. The summed E-state index contributed by atoms with van der Waals surface area (Å²) < 4.78 is 32.7. The molecule has 0 aliphatic rings. The molecule has 0 bridgehead atoms. The van der Waals surface area contributed by atoms with Crippen LogP contribution in [0.4, 0.5) is 14.4 Å². The Balaban J connectivity index is 2.68. The fourth-order valence-electron chi connectivity index (χ4n) is 5.40. The first-order valence-corrected chi connectivity index (χ1v) is 21.2. The van der Waals surface area contributed by atoms with Gasteiger partial charge in [0, 0.05) is 56.0 Å². The average Bonchev–Trinajstić information content (AvgIpc) is 3.24. The van der Waals surface area contributed by atoms with E-state index in [-0.39, 0.29) is 76.0 Å². The summed E-state index contributed by atoms with van der Waals surface area (Å²) in [5.41, 5.74) is -1.35. The van der Waals surface area contributed by atoms with Gasteiger partial charge in [0.2, 0.25) is 0 Å². The predicted octanol–water partition coefficient (Wildman–Crippen LogP) is 3.39. The van der Waals surface area contributed by atoms with Crippen molar-refractivity contribution in [3.05, 3.63) is 67.9 Å². The highest BCUT2D eigenvalue weighted by Gasteiger charge is 2.16. The van der Waals surface area contributed by atoms with E-state index in [9.17, 15) is 43.2 Å². The van der Waals surface area contributed by atoms with Crippen molar-refractivity contribution in [3.63, 3.8) is 0 Å². The lowest BCUT2D eigenvalue weighted by Crippen LogP contribution is -2.54. The summed E-state index contributed by atoms with van der Waals surface area (Å²) >= 11 is 0. The van der Waals surface area contributed by atoms with E-state index in [1.54, 1.807) is 0 Å². The number of nitrogens with zero attached hydrogens (tertiary/aromatic N) is 3. The number of rotatable bonds is 33. The van der Waals surface area contributed by atoms with Crippen LogP contribution in [0.3, 0.4) is 0 Å². The van der Waals surface area contributed by atoms with Gasteiger partial charge in [0.25, 0.3) is 0 Å². The molecule has 0 aliphatic heterocycles. The molecule has 0 saturated heterocycles. The number of nitrogens with one attached hydrogen (secondary N) is 3. The molecule has 1 aromatic rings. The van der Waals surface area contributed by atoms with Gasteiger partial charge in [-0.25, -0.2) is 56.9 Å². The Morgan fingerprint density at radius 2 is 0.603 bits per heavy atom. The summed E-state index contributed by atoms with van der Waals surface area (Å²) in [7, 11) is 0. The number of unbranched alkanes of at least 4 members (excludes halogenated alkanes) is 9. The Bertz CT molecular complexity index is 1630. The first-order valence-electron chi connectivity index (χ1n) is 21.2. The van der Waals surface area contributed by atoms with Gasteiger partial charge < -0.3 is 44.4 Å². The third-order valence-corrected chi connectivity index (χ3v) is 8.81. The predicted molar refractivity (Wildman–Crippen MR) is 230 cm³/mol. The Kier molecular flexibility index (Phi) is 28.3. The summed E-state index contributed by atoms with van der Waals surface area (Å²) in [6.45, 7) is 15.6. The lowest BCUT2D eigenvalue weighted by atomic mass is 10.2. The maximum atomic E-state index is 13.5. The maximum Gasteiger partial charge on any atom is 0.407 e. The van der Waals surface area contributed by atoms with E-state index >= 15 is 0 Å². The van der Waals surface area contributed by atoms with Crippen molar-refractivity contribution in [2.75, 3.05) is 59.3 Å². The zero-order valence-corrected chi connectivity index (χ0v) is 37.1. The van der Waals surface area contributed by atoms with Gasteiger partial charge in [0.05, 0.1) is 0 Å². The van der Waals surface area contributed by atoms with Gasteiger partial charge in [-0.1, -0.05) is 58.3 Å². The molecule has 21 nitrogen and oxygen atoms in total. The van der Waals surface area contributed by atoms with E-state index in [1.165, 1.54) is 20.8 Å². The van der Waals surface area contributed by atoms with Crippen molar-refractivity contribution in [1.82, 2.24) is 29.7 Å². The minimum atomic E-state index is -0.690. The van der Waals surface area contributed by atoms with Gasteiger partial charge >= 0.3 is 53.3 Å². The third-order valence-electron chi connectivity index (χ3n) is 8.81. The van der Waals surface area contributed by atoms with Crippen LogP contribution in [-0.4, -0.2) is 109 Å². The zero-order chi connectivity index (χ0) is 47.0. The van der Waals surface area contributed by atoms with Gasteiger partial charge in [0.15, 0.2) is 0 Å². The van der Waals surface area contributed by atoms with Crippen LogP contribution < -0.4 is 33.0 Å². The highest BCUT2D eigenvalue weighted by molar-refractivity contribution is 5.87. The smallest absolute Gasteiger partial charge is 0.407 e. The van der Waals surface area contributed by atoms with Crippen molar-refractivity contribution in [1.29, 1.82) is 0 Å². The van der Waals surface area contributed by atoms with Crippen LogP contribution in [-0.2, 0) is 62.4 Å². The monoisotopic (exact) mass is 894 g/mol. The molecule has 21 heteroatoms. The second kappa shape index (κ2) is 32.5. The Hall–Kier alpha value is -6.15. The van der Waals surface area contributed by atoms with E-state index in [0.717, 1.165) is 13.7 Å². The average molecular weight is 895 g/mol. The summed E-state index contributed by atoms with van der Waals surface area (Å²) in [5.74, 6) is -1.72. The Labute approximate surface area is 367 Å². The summed E-state index contributed by atoms with van der Waals surface area (Å²) in [4.78, 5) is 110. The van der Waals surface area contributed by atoms with Crippen LogP contribution >= 0.6 is 0 Å². The molecule has 0 fully saturated rings. The lowest BCUT2D eigenvalue weighted by Gasteiger charge is -2.14. The first-order chi connectivity index (χ1) is 30.1. The lowest BCUT2D eigenvalue weighted by molar-refractivity contribution is -0.140. The molecule has 0 spiro atoms. The van der Waals surface area contributed by atoms with E-state index < -0.39 is 53.3 Å². The highest BCUT2D eigenvalue weighted by Crippen LogP contribution is 2.04. The minimum absolute atomic E-state index is 0.0898. The number of carbonyl (C=O) groups is 6. The van der Waals surface area contributed by atoms with Gasteiger partial charge in [-0.3, -0.25) is 0 Å². The maximum absolute atomic E-state index is 13.5. The van der Waals surface area contributed by atoms with Crippen LogP contribution in [0.15, 0.2) is 50.8 Å². The van der Waals surface area contributed by atoms with E-state index in [4.69, 9.17) is 28.4 Å². The largest absolute Gasteiger partial charge is 0.459 e. The fourth-order valence-corrected chi connectivity index (χ4v) is 5.40. The minimum Gasteiger partial charge on any atom is -0.459 e. The molecule has 1 aromatic heterocycles. The van der Waals surface area contributed by atoms with E-state index in [0.29, 0.717) is 96.7 Å². The second-order valence-corrected chi connectivity index (χ2v) is 14.5. The number of carbonyl (C=O) groups excluding carboxylic acids is 6. The van der Waals surface area contributed by atoms with Gasteiger partial charge in [-0.15, -0.1) is 0 Å². The number of hydrogen-bond acceptors (Lipinski definition) is 15. The molecule has 3 N–H and O–H groups in total. The molecule has 354 valence electrons. The number of alkyl carbamates (subject to hydrolysis) is 3. The number of aromatic nitrogens is 3. The highest BCUT2D eigenvalue weighted by atomic mass is 16.6. The van der Waals surface area contributed by atoms with Crippen molar-refractivity contribution in [2.24, 2.45) is 0 Å². The van der Waals surface area contributed by atoms with E-state index in [1.807, 2.05) is 0 Å². The van der Waals surface area contributed by atoms with Crippen LogP contribution in [0.1, 0.15) is 97.8 Å². The van der Waals surface area contributed by atoms with Gasteiger partial charge in [0.1, 0.15) is 39.6 Å². The quantitative estimate of drug-likeness (QED) is 0.0395. The standard InChI is InChI=1S/C42H66N6O15/c1-31(2)34(49)58-25-28-61-37(52)43-19-13-7-10-16-22-46-40(55)47(23-17-11-8-14-20-44-38(53)62-29-26-59-35(50)32(3)4)42(57)48(41(46)56)24-18-12-9-15-21-45-39(54)63-30-27-60-36(51)33(5)6/h1,3,5,7-30H2,2,4,6H3,(H,43,52)(H,44,53)(H,45,54). The number of hydrogen-bond donors (Lipinski definition) is 3. The van der Waals surface area contributed by atoms with Crippen LogP contribution in [0, 0.1) is 0 Å². The number of esters is 3. The molecule has 0 aliphatic carbocycles. The van der Waals surface area contributed by atoms with Crippen LogP contribution in [0.2, 0.25) is 0 Å². The van der Waals surface area contributed by atoms with Crippen LogP contribution in [0.5, 0.6) is 0 Å². The molecule has 0 unspecified atom stereocenters. The zero-order valence-electron chi connectivity index (χ0n) is 37.1. The van der Waals surface area contributed by atoms with Gasteiger partial charge in [-0.05, 0) is 59.3 Å². The summed E-state index contributed by atoms with van der Waals surface area (Å²) in [6.07, 6.45) is 5.17. The molecule has 0 atom stereocenters. The summed E-state index contributed by atoms with van der Waals surface area (Å²) in [6, 6.07) is 0. The summed E-state index contributed by atoms with van der Waals surface area (Å²) in [5, 5.41) is 7.82. The van der Waals surface area contributed by atoms with Gasteiger partial charge in [-0.2, -0.15) is 0 Å². The Morgan fingerprint density at radius 1 is 0.381 bits per heavy atom.